The van der Waals surface area contributed by atoms with E-state index in [1.807, 2.05) is 35.2 Å². The molecule has 6 heteroatoms. The van der Waals surface area contributed by atoms with Crippen molar-refractivity contribution >= 4 is 17.6 Å². The molecule has 1 saturated carbocycles. The third-order valence-electron chi connectivity index (χ3n) is 5.14. The van der Waals surface area contributed by atoms with Crippen LogP contribution in [-0.4, -0.2) is 62.1 Å². The molecule has 25 heavy (non-hydrogen) atoms. The van der Waals surface area contributed by atoms with Crippen LogP contribution in [-0.2, 0) is 4.79 Å². The Morgan fingerprint density at radius 1 is 1.36 bits per heavy atom. The third kappa shape index (κ3) is 4.51. The molecule has 3 rings (SSSR count). The van der Waals surface area contributed by atoms with Crippen LogP contribution in [0.25, 0.3) is 0 Å². The van der Waals surface area contributed by atoms with Crippen LogP contribution >= 0.6 is 0 Å². The Kier molecular flexibility index (Phi) is 5.58. The second-order valence-electron chi connectivity index (χ2n) is 7.08. The van der Waals surface area contributed by atoms with Gasteiger partial charge in [0.1, 0.15) is 0 Å². The summed E-state index contributed by atoms with van der Waals surface area (Å²) in [6, 6.07) is 11.1. The van der Waals surface area contributed by atoms with Crippen molar-refractivity contribution in [1.29, 1.82) is 0 Å². The van der Waals surface area contributed by atoms with E-state index < -0.39 is 0 Å². The molecule has 1 aromatic carbocycles. The first-order valence-electron chi connectivity index (χ1n) is 9.13. The van der Waals surface area contributed by atoms with Gasteiger partial charge >= 0.3 is 0 Å². The molecule has 0 radical (unpaired) electrons. The second-order valence-corrected chi connectivity index (χ2v) is 7.08. The van der Waals surface area contributed by atoms with Gasteiger partial charge < -0.3 is 15.5 Å². The summed E-state index contributed by atoms with van der Waals surface area (Å²) in [6.45, 7) is 3.74. The highest BCUT2D eigenvalue weighted by atomic mass is 16.2. The zero-order chi connectivity index (χ0) is 17.8. The maximum Gasteiger partial charge on any atom is 0.229 e. The van der Waals surface area contributed by atoms with Crippen molar-refractivity contribution in [2.75, 3.05) is 32.1 Å². The number of para-hydroxylation sites is 1. The molecule has 1 aliphatic carbocycles. The molecule has 2 fully saturated rings. The summed E-state index contributed by atoms with van der Waals surface area (Å²) in [6.07, 6.45) is 3.12. The molecular weight excluding hydrogens is 314 g/mol. The van der Waals surface area contributed by atoms with Crippen molar-refractivity contribution in [3.8, 4) is 0 Å². The average Bonchev–Trinajstić information content (AvgIpc) is 3.41. The predicted molar refractivity (Wildman–Crippen MR) is 102 cm³/mol. The van der Waals surface area contributed by atoms with Crippen LogP contribution in [0.5, 0.6) is 0 Å². The topological polar surface area (TPSA) is 60.0 Å². The summed E-state index contributed by atoms with van der Waals surface area (Å²) in [5, 5.41) is 6.79. The van der Waals surface area contributed by atoms with E-state index in [-0.39, 0.29) is 11.9 Å². The predicted octanol–water partition coefficient (Wildman–Crippen LogP) is 1.44. The van der Waals surface area contributed by atoms with Crippen LogP contribution < -0.4 is 15.5 Å². The molecule has 1 heterocycles. The van der Waals surface area contributed by atoms with Gasteiger partial charge in [-0.05, 0) is 38.9 Å². The summed E-state index contributed by atoms with van der Waals surface area (Å²) in [5.41, 5.74) is 0.958. The first-order chi connectivity index (χ1) is 12.1. The lowest BCUT2D eigenvalue weighted by Gasteiger charge is -2.26. The Balaban J connectivity index is 1.50. The quantitative estimate of drug-likeness (QED) is 0.606. The molecule has 1 saturated heterocycles. The van der Waals surface area contributed by atoms with E-state index in [4.69, 9.17) is 0 Å². The van der Waals surface area contributed by atoms with Crippen LogP contribution in [0, 0.1) is 0 Å². The highest BCUT2D eigenvalue weighted by molar-refractivity contribution is 5.97. The number of guanidine groups is 1. The number of carbonyl (C=O) groups is 1. The molecule has 1 aromatic rings. The summed E-state index contributed by atoms with van der Waals surface area (Å²) >= 11 is 0. The van der Waals surface area contributed by atoms with E-state index in [1.165, 1.54) is 12.8 Å². The number of benzene rings is 1. The van der Waals surface area contributed by atoms with Gasteiger partial charge in [-0.25, -0.2) is 0 Å². The maximum absolute atomic E-state index is 12.3. The number of rotatable bonds is 6. The van der Waals surface area contributed by atoms with Crippen molar-refractivity contribution < 1.29 is 4.79 Å². The van der Waals surface area contributed by atoms with Crippen LogP contribution in [0.2, 0.25) is 0 Å². The van der Waals surface area contributed by atoms with Crippen molar-refractivity contribution in [3.05, 3.63) is 30.3 Å². The summed E-state index contributed by atoms with van der Waals surface area (Å²) in [4.78, 5) is 20.9. The summed E-state index contributed by atoms with van der Waals surface area (Å²) in [5.74, 6) is 0.921. The van der Waals surface area contributed by atoms with Crippen LogP contribution in [0.4, 0.5) is 5.69 Å². The summed E-state index contributed by atoms with van der Waals surface area (Å²) in [7, 11) is 3.96. The van der Waals surface area contributed by atoms with Gasteiger partial charge in [0.05, 0.1) is 6.04 Å². The van der Waals surface area contributed by atoms with Gasteiger partial charge in [-0.3, -0.25) is 14.7 Å². The standard InChI is InChI=1S/C19H29N5O/c1-14(23(3)16-9-10-16)12-21-19(20-2)22-15-11-18(25)24(13-15)17-7-5-4-6-8-17/h4-8,14-16H,9-13H2,1-3H3,(H2,20,21,22). The first kappa shape index (κ1) is 17.7. The van der Waals surface area contributed by atoms with Crippen LogP contribution in [0.3, 0.4) is 0 Å². The third-order valence-corrected chi connectivity index (χ3v) is 5.14. The molecular formula is C19H29N5O. The maximum atomic E-state index is 12.3. The van der Waals surface area contributed by atoms with Crippen molar-refractivity contribution in [3.63, 3.8) is 0 Å². The Bertz CT molecular complexity index is 614. The number of hydrogen-bond donors (Lipinski definition) is 2. The number of carbonyl (C=O) groups excluding carboxylic acids is 1. The summed E-state index contributed by atoms with van der Waals surface area (Å²) < 4.78 is 0. The minimum atomic E-state index is 0.0790. The molecule has 2 aliphatic rings. The normalized spacial score (nSPS) is 22.4. The van der Waals surface area contributed by atoms with E-state index in [0.717, 1.165) is 24.2 Å². The number of anilines is 1. The van der Waals surface area contributed by atoms with E-state index >= 15 is 0 Å². The number of hydrogen-bond acceptors (Lipinski definition) is 3. The van der Waals surface area contributed by atoms with E-state index in [1.54, 1.807) is 7.05 Å². The Morgan fingerprint density at radius 2 is 2.08 bits per heavy atom. The molecule has 6 nitrogen and oxygen atoms in total. The van der Waals surface area contributed by atoms with Crippen molar-refractivity contribution in [2.24, 2.45) is 4.99 Å². The van der Waals surface area contributed by atoms with E-state index in [2.05, 4.69) is 34.5 Å². The van der Waals surface area contributed by atoms with Gasteiger partial charge in [-0.2, -0.15) is 0 Å². The van der Waals surface area contributed by atoms with Crippen molar-refractivity contribution in [2.45, 2.75) is 44.3 Å². The lowest BCUT2D eigenvalue weighted by molar-refractivity contribution is -0.117. The average molecular weight is 343 g/mol. The molecule has 0 bridgehead atoms. The number of aliphatic imine (C=N–C) groups is 1. The lowest BCUT2D eigenvalue weighted by Crippen LogP contribution is -2.48. The van der Waals surface area contributed by atoms with Gasteiger partial charge in [0.2, 0.25) is 5.91 Å². The van der Waals surface area contributed by atoms with Crippen LogP contribution in [0.1, 0.15) is 26.2 Å². The minimum absolute atomic E-state index is 0.0790. The fourth-order valence-corrected chi connectivity index (χ4v) is 3.28. The number of nitrogens with one attached hydrogen (secondary N) is 2. The smallest absolute Gasteiger partial charge is 0.229 e. The minimum Gasteiger partial charge on any atom is -0.355 e. The van der Waals surface area contributed by atoms with Crippen LogP contribution in [0.15, 0.2) is 35.3 Å². The second kappa shape index (κ2) is 7.87. The zero-order valence-corrected chi connectivity index (χ0v) is 15.4. The molecule has 1 amide bonds. The Morgan fingerprint density at radius 3 is 2.72 bits per heavy atom. The van der Waals surface area contributed by atoms with Gasteiger partial charge in [0, 0.05) is 44.3 Å². The Hall–Kier alpha value is -2.08. The fraction of sp³-hybridized carbons (Fsp3) is 0.579. The fourth-order valence-electron chi connectivity index (χ4n) is 3.28. The van der Waals surface area contributed by atoms with Crippen molar-refractivity contribution in [1.82, 2.24) is 15.5 Å². The molecule has 2 unspecified atom stereocenters. The van der Waals surface area contributed by atoms with Gasteiger partial charge in [0.25, 0.3) is 0 Å². The van der Waals surface area contributed by atoms with Gasteiger partial charge in [-0.1, -0.05) is 18.2 Å². The molecule has 2 atom stereocenters. The SMILES string of the molecule is CN=C(NCC(C)N(C)C1CC1)NC1CC(=O)N(c2ccccc2)C1. The number of nitrogens with zero attached hydrogens (tertiary/aromatic N) is 3. The Labute approximate surface area is 150 Å². The van der Waals surface area contributed by atoms with E-state index in [0.29, 0.717) is 19.0 Å². The monoisotopic (exact) mass is 343 g/mol. The molecule has 2 N–H and O–H groups in total. The van der Waals surface area contributed by atoms with Gasteiger partial charge in [-0.15, -0.1) is 0 Å². The molecule has 136 valence electrons. The van der Waals surface area contributed by atoms with Gasteiger partial charge in [0.15, 0.2) is 5.96 Å². The highest BCUT2D eigenvalue weighted by Crippen LogP contribution is 2.26. The largest absolute Gasteiger partial charge is 0.355 e. The van der Waals surface area contributed by atoms with E-state index in [9.17, 15) is 4.79 Å². The molecule has 0 spiro atoms. The number of amides is 1. The number of likely N-dealkylation sites (N-methyl/N-ethyl adjacent to an activating group) is 1. The highest BCUT2D eigenvalue weighted by Gasteiger charge is 2.31. The molecule has 0 aromatic heterocycles. The molecule has 1 aliphatic heterocycles. The first-order valence-corrected chi connectivity index (χ1v) is 9.13. The lowest BCUT2D eigenvalue weighted by atomic mass is 10.2. The zero-order valence-electron chi connectivity index (χ0n) is 15.4.